The average Bonchev–Trinajstić information content (AvgIpc) is 3.66. The van der Waals surface area contributed by atoms with Crippen molar-refractivity contribution < 1.29 is 37.6 Å². The first-order chi connectivity index (χ1) is 42.8. The lowest BCUT2D eigenvalue weighted by Gasteiger charge is -2.19. The Bertz CT molecular complexity index is 1890. The van der Waals surface area contributed by atoms with E-state index in [-0.39, 0.29) is 38.6 Å². The number of phosphoric acid groups is 1. The van der Waals surface area contributed by atoms with Gasteiger partial charge in [0.05, 0.1) is 13.2 Å². The zero-order chi connectivity index (χ0) is 63.0. The molecule has 3 N–H and O–H groups in total. The SMILES string of the molecule is CC/C=C\C/C=C\C/C=C\C/C=C\C/C=C\C/C=C\C/C=C\CCCCCCCCCCCC(=O)OC(COC(=O)CCCCCCCCCCCCCCCCCCCCCCCC/C=C\C/C=C\C/C=C\C/C=C\CC)COP(=O)(O)OCCN. The van der Waals surface area contributed by atoms with E-state index in [1.807, 2.05) is 0 Å². The predicted octanol–water partition coefficient (Wildman–Crippen LogP) is 23.6. The third-order valence-corrected chi connectivity index (χ3v) is 16.0. The minimum atomic E-state index is -4.40. The topological polar surface area (TPSA) is 134 Å². The van der Waals surface area contributed by atoms with E-state index in [1.54, 1.807) is 0 Å². The summed E-state index contributed by atoms with van der Waals surface area (Å²) in [7, 11) is -4.40. The highest BCUT2D eigenvalue weighted by atomic mass is 31.2. The number of ether oxygens (including phenoxy) is 2. The van der Waals surface area contributed by atoms with E-state index in [0.29, 0.717) is 6.42 Å². The first-order valence-electron chi connectivity index (χ1n) is 35.7. The number of allylic oxidation sites excluding steroid dienone is 22. The van der Waals surface area contributed by atoms with Crippen LogP contribution in [0.25, 0.3) is 0 Å². The lowest BCUT2D eigenvalue weighted by molar-refractivity contribution is -0.161. The lowest BCUT2D eigenvalue weighted by atomic mass is 10.0. The van der Waals surface area contributed by atoms with Crippen molar-refractivity contribution in [3.8, 4) is 0 Å². The molecule has 0 heterocycles. The van der Waals surface area contributed by atoms with Gasteiger partial charge in [-0.25, -0.2) is 4.57 Å². The molecule has 498 valence electrons. The Morgan fingerprint density at radius 2 is 0.598 bits per heavy atom. The number of esters is 2. The van der Waals surface area contributed by atoms with Crippen LogP contribution < -0.4 is 5.73 Å². The van der Waals surface area contributed by atoms with E-state index in [1.165, 1.54) is 161 Å². The van der Waals surface area contributed by atoms with Crippen LogP contribution in [-0.2, 0) is 32.7 Å². The Labute approximate surface area is 535 Å². The summed E-state index contributed by atoms with van der Waals surface area (Å²) in [5.41, 5.74) is 5.40. The second kappa shape index (κ2) is 71.2. The van der Waals surface area contributed by atoms with Crippen LogP contribution in [0.3, 0.4) is 0 Å². The maximum atomic E-state index is 12.8. The van der Waals surface area contributed by atoms with Gasteiger partial charge in [-0.3, -0.25) is 18.6 Å². The monoisotopic (exact) mass is 1230 g/mol. The van der Waals surface area contributed by atoms with Gasteiger partial charge in [-0.15, -0.1) is 0 Å². The van der Waals surface area contributed by atoms with E-state index in [9.17, 15) is 19.0 Å². The van der Waals surface area contributed by atoms with Crippen LogP contribution in [0.4, 0.5) is 0 Å². The molecule has 0 rings (SSSR count). The van der Waals surface area contributed by atoms with Gasteiger partial charge in [0, 0.05) is 19.4 Å². The molecule has 0 fully saturated rings. The third kappa shape index (κ3) is 71.1. The fourth-order valence-corrected chi connectivity index (χ4v) is 10.6. The Kier molecular flexibility index (Phi) is 68.1. The van der Waals surface area contributed by atoms with Crippen LogP contribution in [0.1, 0.15) is 309 Å². The Balaban J connectivity index is 3.88. The molecule has 0 aromatic heterocycles. The molecule has 2 atom stereocenters. The van der Waals surface area contributed by atoms with Crippen molar-refractivity contribution in [3.63, 3.8) is 0 Å². The fraction of sp³-hybridized carbons (Fsp3) is 0.688. The summed E-state index contributed by atoms with van der Waals surface area (Å²) >= 11 is 0. The van der Waals surface area contributed by atoms with E-state index in [4.69, 9.17) is 24.3 Å². The zero-order valence-electron chi connectivity index (χ0n) is 56.0. The van der Waals surface area contributed by atoms with Crippen LogP contribution in [0, 0.1) is 0 Å². The normalized spacial score (nSPS) is 13.7. The van der Waals surface area contributed by atoms with E-state index >= 15 is 0 Å². The number of phosphoric ester groups is 1. The van der Waals surface area contributed by atoms with Crippen molar-refractivity contribution in [1.82, 2.24) is 0 Å². The summed E-state index contributed by atoms with van der Waals surface area (Å²) in [6, 6.07) is 0. The second-order valence-electron chi connectivity index (χ2n) is 23.3. The van der Waals surface area contributed by atoms with Crippen molar-refractivity contribution in [2.45, 2.75) is 315 Å². The summed E-state index contributed by atoms with van der Waals surface area (Å²) < 4.78 is 33.2. The summed E-state index contributed by atoms with van der Waals surface area (Å²) in [6.45, 7) is 3.53. The predicted molar refractivity (Wildman–Crippen MR) is 376 cm³/mol. The third-order valence-electron chi connectivity index (χ3n) is 15.0. The minimum Gasteiger partial charge on any atom is -0.462 e. The maximum Gasteiger partial charge on any atom is 0.472 e. The van der Waals surface area contributed by atoms with E-state index in [0.717, 1.165) is 116 Å². The average molecular weight is 1230 g/mol. The molecule has 0 aliphatic rings. The second-order valence-corrected chi connectivity index (χ2v) is 24.8. The Hall–Kier alpha value is -3.85. The van der Waals surface area contributed by atoms with Crippen LogP contribution in [0.2, 0.25) is 0 Å². The van der Waals surface area contributed by atoms with Crippen molar-refractivity contribution in [2.24, 2.45) is 5.73 Å². The van der Waals surface area contributed by atoms with Gasteiger partial charge in [-0.05, 0) is 109 Å². The van der Waals surface area contributed by atoms with Gasteiger partial charge < -0.3 is 20.1 Å². The highest BCUT2D eigenvalue weighted by Gasteiger charge is 2.26. The first kappa shape index (κ1) is 83.2. The van der Waals surface area contributed by atoms with Crippen molar-refractivity contribution in [3.05, 3.63) is 134 Å². The molecule has 87 heavy (non-hydrogen) atoms. The van der Waals surface area contributed by atoms with Crippen LogP contribution in [0.15, 0.2) is 134 Å². The van der Waals surface area contributed by atoms with Crippen LogP contribution in [0.5, 0.6) is 0 Å². The van der Waals surface area contributed by atoms with Gasteiger partial charge >= 0.3 is 19.8 Å². The number of rotatable bonds is 66. The van der Waals surface area contributed by atoms with Gasteiger partial charge in [0.1, 0.15) is 6.61 Å². The molecule has 0 aromatic carbocycles. The Morgan fingerprint density at radius 1 is 0.345 bits per heavy atom. The molecule has 0 saturated heterocycles. The number of unbranched alkanes of at least 4 members (excludes halogenated alkanes) is 31. The van der Waals surface area contributed by atoms with Crippen molar-refractivity contribution in [2.75, 3.05) is 26.4 Å². The molecular formula is C77H132NO8P. The molecule has 0 aromatic rings. The quantitative estimate of drug-likeness (QED) is 0.0264. The lowest BCUT2D eigenvalue weighted by Crippen LogP contribution is -2.29. The largest absolute Gasteiger partial charge is 0.472 e. The summed E-state index contributed by atoms with van der Waals surface area (Å²) in [6.07, 6.45) is 101. The smallest absolute Gasteiger partial charge is 0.462 e. The molecule has 2 unspecified atom stereocenters. The first-order valence-corrected chi connectivity index (χ1v) is 37.2. The number of hydrogen-bond donors (Lipinski definition) is 2. The van der Waals surface area contributed by atoms with E-state index < -0.39 is 26.5 Å². The number of carbonyl (C=O) groups is 2. The van der Waals surface area contributed by atoms with Crippen molar-refractivity contribution >= 4 is 19.8 Å². The molecule has 0 radical (unpaired) electrons. The standard InChI is InChI=1S/C77H132NO8P/c1-3-5-7-9-11-13-15-17-19-21-23-25-27-29-31-33-35-36-37-38-40-41-43-45-47-49-51-53-55-57-59-61-63-65-67-69-76(79)83-73-75(74-85-87(81,82)84-72-71-78)86-77(80)70-68-66-64-62-60-58-56-54-52-50-48-46-44-42-39-34-32-30-28-26-24-22-20-18-16-14-12-10-8-6-4-2/h5-8,11-14,17-20,23-26,30,32,39,42,46,48,75H,3-4,9-10,15-16,21-22,27-29,31,33-38,40-41,43-45,47,49-74,78H2,1-2H3,(H,81,82)/b7-5-,8-6-,13-11-,14-12-,19-17-,20-18-,25-23-,26-24-,32-30-,42-39-,48-46-. The zero-order valence-corrected chi connectivity index (χ0v) is 56.9. The Morgan fingerprint density at radius 3 is 0.885 bits per heavy atom. The van der Waals surface area contributed by atoms with Crippen LogP contribution in [-0.4, -0.2) is 49.3 Å². The van der Waals surface area contributed by atoms with Crippen molar-refractivity contribution in [1.29, 1.82) is 0 Å². The molecule has 0 aliphatic carbocycles. The minimum absolute atomic E-state index is 0.0479. The summed E-state index contributed by atoms with van der Waals surface area (Å²) in [4.78, 5) is 35.4. The molecule has 0 aliphatic heterocycles. The molecule has 9 nitrogen and oxygen atoms in total. The van der Waals surface area contributed by atoms with Gasteiger partial charge in [0.25, 0.3) is 0 Å². The molecular weight excluding hydrogens is 1100 g/mol. The number of nitrogens with two attached hydrogens (primary N) is 1. The molecule has 0 spiro atoms. The summed E-state index contributed by atoms with van der Waals surface area (Å²) in [5, 5.41) is 0. The number of hydrogen-bond acceptors (Lipinski definition) is 8. The number of carbonyl (C=O) groups excluding carboxylic acids is 2. The van der Waals surface area contributed by atoms with Gasteiger partial charge in [0.2, 0.25) is 0 Å². The molecule has 10 heteroatoms. The molecule has 0 saturated carbocycles. The summed E-state index contributed by atoms with van der Waals surface area (Å²) in [5.74, 6) is -0.830. The molecule has 0 bridgehead atoms. The molecule has 0 amide bonds. The fourth-order valence-electron chi connectivity index (χ4n) is 9.85. The van der Waals surface area contributed by atoms with Gasteiger partial charge in [0.15, 0.2) is 6.10 Å². The van der Waals surface area contributed by atoms with Gasteiger partial charge in [-0.2, -0.15) is 0 Å². The highest BCUT2D eigenvalue weighted by molar-refractivity contribution is 7.47. The van der Waals surface area contributed by atoms with E-state index in [2.05, 4.69) is 148 Å². The van der Waals surface area contributed by atoms with Gasteiger partial charge in [-0.1, -0.05) is 321 Å². The highest BCUT2D eigenvalue weighted by Crippen LogP contribution is 2.43. The maximum absolute atomic E-state index is 12.8. The van der Waals surface area contributed by atoms with Crippen LogP contribution >= 0.6 is 7.82 Å².